The Morgan fingerprint density at radius 3 is 2.67 bits per heavy atom. The van der Waals surface area contributed by atoms with Crippen molar-refractivity contribution in [2.75, 3.05) is 25.7 Å². The zero-order valence-electron chi connectivity index (χ0n) is 14.3. The maximum absolute atomic E-state index is 12.9. The average molecular weight is 401 g/mol. The number of nitrogens with one attached hydrogen (secondary N) is 1. The van der Waals surface area contributed by atoms with Crippen molar-refractivity contribution >= 4 is 23.2 Å². The first-order valence-electron chi connectivity index (χ1n) is 7.96. The lowest BCUT2D eigenvalue weighted by atomic mass is 10.2. The minimum absolute atomic E-state index is 0.00157. The van der Waals surface area contributed by atoms with E-state index >= 15 is 0 Å². The van der Waals surface area contributed by atoms with Gasteiger partial charge in [0, 0.05) is 12.2 Å². The largest absolute Gasteiger partial charge is 0.454 e. The van der Waals surface area contributed by atoms with E-state index < -0.39 is 22.7 Å². The molecule has 1 amide bonds. The lowest BCUT2D eigenvalue weighted by molar-refractivity contribution is -0.137. The van der Waals surface area contributed by atoms with Gasteiger partial charge in [-0.1, -0.05) is 17.7 Å². The number of nitrogens with zero attached hydrogens (tertiary/aromatic N) is 1. The predicted molar refractivity (Wildman–Crippen MR) is 94.0 cm³/mol. The molecule has 0 saturated heterocycles. The zero-order chi connectivity index (χ0) is 19.6. The summed E-state index contributed by atoms with van der Waals surface area (Å²) in [5.74, 6) is 0.877. The van der Waals surface area contributed by atoms with Crippen LogP contribution in [0.4, 0.5) is 18.9 Å². The van der Waals surface area contributed by atoms with Crippen LogP contribution in [0.5, 0.6) is 11.5 Å². The summed E-state index contributed by atoms with van der Waals surface area (Å²) >= 11 is 5.57. The third kappa shape index (κ3) is 4.84. The van der Waals surface area contributed by atoms with Crippen molar-refractivity contribution in [1.82, 2.24) is 4.90 Å². The number of hydrogen-bond donors (Lipinski definition) is 1. The van der Waals surface area contributed by atoms with Crippen molar-refractivity contribution in [3.8, 4) is 11.5 Å². The van der Waals surface area contributed by atoms with Crippen LogP contribution in [-0.4, -0.2) is 31.2 Å². The number of hydrogen-bond acceptors (Lipinski definition) is 4. The second kappa shape index (κ2) is 7.66. The fraction of sp³-hybridized carbons (Fsp3) is 0.278. The molecule has 27 heavy (non-hydrogen) atoms. The number of fused-ring (bicyclic) bond motifs is 1. The number of carbonyl (C=O) groups is 1. The molecule has 0 unspecified atom stereocenters. The molecule has 5 nitrogen and oxygen atoms in total. The van der Waals surface area contributed by atoms with E-state index in [1.54, 1.807) is 18.0 Å². The van der Waals surface area contributed by atoms with Gasteiger partial charge in [0.15, 0.2) is 11.5 Å². The third-order valence-electron chi connectivity index (χ3n) is 3.86. The third-order valence-corrected chi connectivity index (χ3v) is 4.19. The van der Waals surface area contributed by atoms with Gasteiger partial charge >= 0.3 is 6.18 Å². The van der Waals surface area contributed by atoms with Gasteiger partial charge in [-0.2, -0.15) is 13.2 Å². The summed E-state index contributed by atoms with van der Waals surface area (Å²) in [6, 6.07) is 8.72. The predicted octanol–water partition coefficient (Wildman–Crippen LogP) is 4.16. The van der Waals surface area contributed by atoms with Gasteiger partial charge in [-0.15, -0.1) is 0 Å². The monoisotopic (exact) mass is 400 g/mol. The minimum atomic E-state index is -4.59. The molecule has 144 valence electrons. The first-order valence-corrected chi connectivity index (χ1v) is 8.34. The summed E-state index contributed by atoms with van der Waals surface area (Å²) in [4.78, 5) is 13.9. The molecule has 0 fully saturated rings. The first-order chi connectivity index (χ1) is 12.7. The molecule has 9 heteroatoms. The second-order valence-electron chi connectivity index (χ2n) is 6.10. The molecule has 0 radical (unpaired) electrons. The van der Waals surface area contributed by atoms with Crippen LogP contribution in [0.15, 0.2) is 36.4 Å². The molecule has 1 heterocycles. The van der Waals surface area contributed by atoms with Crippen LogP contribution in [0.3, 0.4) is 0 Å². The highest BCUT2D eigenvalue weighted by Crippen LogP contribution is 2.36. The van der Waals surface area contributed by atoms with Crippen molar-refractivity contribution in [2.24, 2.45) is 0 Å². The number of carbonyl (C=O) groups excluding carboxylic acids is 1. The van der Waals surface area contributed by atoms with Crippen LogP contribution < -0.4 is 14.8 Å². The van der Waals surface area contributed by atoms with E-state index in [4.69, 9.17) is 21.1 Å². The molecule has 0 bridgehead atoms. The average Bonchev–Trinajstić information content (AvgIpc) is 3.03. The van der Waals surface area contributed by atoms with E-state index in [2.05, 4.69) is 5.32 Å². The fourth-order valence-corrected chi connectivity index (χ4v) is 2.90. The molecule has 2 aromatic carbocycles. The Hall–Kier alpha value is -2.45. The molecule has 1 N–H and O–H groups in total. The molecule has 0 saturated carbocycles. The summed E-state index contributed by atoms with van der Waals surface area (Å²) in [5.41, 5.74) is -0.0377. The number of amides is 1. The number of alkyl halides is 3. The van der Waals surface area contributed by atoms with Crippen LogP contribution >= 0.6 is 11.6 Å². The van der Waals surface area contributed by atoms with E-state index in [-0.39, 0.29) is 19.0 Å². The molecule has 0 atom stereocenters. The molecule has 0 aliphatic carbocycles. The molecule has 0 aromatic heterocycles. The Labute approximate surface area is 158 Å². The normalized spacial score (nSPS) is 13.1. The van der Waals surface area contributed by atoms with Crippen LogP contribution in [0.2, 0.25) is 5.02 Å². The Bertz CT molecular complexity index is 858. The van der Waals surface area contributed by atoms with Crippen LogP contribution in [0.25, 0.3) is 0 Å². The van der Waals surface area contributed by atoms with Crippen molar-refractivity contribution in [1.29, 1.82) is 0 Å². The lowest BCUT2D eigenvalue weighted by Crippen LogP contribution is -2.29. The van der Waals surface area contributed by atoms with E-state index in [9.17, 15) is 18.0 Å². The highest BCUT2D eigenvalue weighted by Gasteiger charge is 2.33. The molecular formula is C18H16ClF3N2O3. The summed E-state index contributed by atoms with van der Waals surface area (Å²) in [7, 11) is 1.73. The maximum Gasteiger partial charge on any atom is 0.417 e. The van der Waals surface area contributed by atoms with E-state index in [0.717, 1.165) is 17.7 Å². The number of anilines is 1. The van der Waals surface area contributed by atoms with Gasteiger partial charge in [0.25, 0.3) is 0 Å². The smallest absolute Gasteiger partial charge is 0.417 e. The molecule has 3 rings (SSSR count). The number of halogens is 4. The van der Waals surface area contributed by atoms with Gasteiger partial charge in [-0.05, 0) is 42.9 Å². The van der Waals surface area contributed by atoms with Gasteiger partial charge < -0.3 is 14.8 Å². The van der Waals surface area contributed by atoms with Crippen molar-refractivity contribution in [2.45, 2.75) is 12.7 Å². The second-order valence-corrected chi connectivity index (χ2v) is 6.51. The fourth-order valence-electron chi connectivity index (χ4n) is 2.67. The number of ether oxygens (including phenoxy) is 2. The summed E-state index contributed by atoms with van der Waals surface area (Å²) in [5, 5.41) is 2.04. The molecular weight excluding hydrogens is 385 g/mol. The number of rotatable bonds is 5. The summed E-state index contributed by atoms with van der Waals surface area (Å²) in [6.07, 6.45) is -4.59. The van der Waals surface area contributed by atoms with Crippen LogP contribution in [-0.2, 0) is 17.5 Å². The van der Waals surface area contributed by atoms with Crippen molar-refractivity contribution < 1.29 is 27.4 Å². The van der Waals surface area contributed by atoms with Gasteiger partial charge in [-0.25, -0.2) is 0 Å². The Morgan fingerprint density at radius 2 is 1.93 bits per heavy atom. The van der Waals surface area contributed by atoms with Crippen LogP contribution in [0.1, 0.15) is 11.1 Å². The Balaban J connectivity index is 1.59. The van der Waals surface area contributed by atoms with Gasteiger partial charge in [-0.3, -0.25) is 9.69 Å². The lowest BCUT2D eigenvalue weighted by Gasteiger charge is -2.17. The number of likely N-dealkylation sites (N-methyl/N-ethyl adjacent to an activating group) is 1. The summed E-state index contributed by atoms with van der Waals surface area (Å²) in [6.45, 7) is 0.634. The minimum Gasteiger partial charge on any atom is -0.454 e. The highest BCUT2D eigenvalue weighted by atomic mass is 35.5. The SMILES string of the molecule is CN(CC(=O)Nc1ccc(Cl)c(C(F)(F)F)c1)Cc1ccc2c(c1)OCO2. The Kier molecular flexibility index (Phi) is 5.48. The van der Waals surface area contributed by atoms with Crippen LogP contribution in [0, 0.1) is 0 Å². The topological polar surface area (TPSA) is 50.8 Å². The van der Waals surface area contributed by atoms with Crippen molar-refractivity contribution in [3.63, 3.8) is 0 Å². The maximum atomic E-state index is 12.9. The van der Waals surface area contributed by atoms with E-state index in [1.807, 2.05) is 12.1 Å². The molecule has 2 aromatic rings. The van der Waals surface area contributed by atoms with Gasteiger partial charge in [0.2, 0.25) is 12.7 Å². The van der Waals surface area contributed by atoms with Gasteiger partial charge in [0.1, 0.15) is 0 Å². The summed E-state index contributed by atoms with van der Waals surface area (Å²) < 4.78 is 49.2. The number of benzene rings is 2. The van der Waals surface area contributed by atoms with E-state index in [1.165, 1.54) is 6.07 Å². The quantitative estimate of drug-likeness (QED) is 0.819. The molecule has 0 spiro atoms. The van der Waals surface area contributed by atoms with Crippen molar-refractivity contribution in [3.05, 3.63) is 52.5 Å². The standard InChI is InChI=1S/C18H16ClF3N2O3/c1-24(8-11-2-5-15-16(6-11)27-10-26-15)9-17(25)23-12-3-4-14(19)13(7-12)18(20,21)22/h2-7H,8-10H2,1H3,(H,23,25). The Morgan fingerprint density at radius 1 is 1.19 bits per heavy atom. The first kappa shape index (κ1) is 19.3. The van der Waals surface area contributed by atoms with E-state index in [0.29, 0.717) is 18.0 Å². The highest BCUT2D eigenvalue weighted by molar-refractivity contribution is 6.31. The molecule has 1 aliphatic heterocycles. The van der Waals surface area contributed by atoms with Gasteiger partial charge in [0.05, 0.1) is 17.1 Å². The zero-order valence-corrected chi connectivity index (χ0v) is 15.0. The molecule has 1 aliphatic rings.